The van der Waals surface area contributed by atoms with Crippen LogP contribution in [0.25, 0.3) is 0 Å². The van der Waals surface area contributed by atoms with E-state index < -0.39 is 0 Å². The minimum atomic E-state index is 0.227. The van der Waals surface area contributed by atoms with Crippen LogP contribution in [0.5, 0.6) is 0 Å². The van der Waals surface area contributed by atoms with E-state index in [9.17, 15) is 4.79 Å². The molecule has 4 heteroatoms. The molecule has 2 fully saturated rings. The highest BCUT2D eigenvalue weighted by atomic mass is 16.2. The maximum absolute atomic E-state index is 11.3. The van der Waals surface area contributed by atoms with Crippen LogP contribution in [-0.2, 0) is 4.79 Å². The number of carbonyl (C=O) groups is 1. The van der Waals surface area contributed by atoms with Crippen LogP contribution in [0.3, 0.4) is 0 Å². The molecule has 0 bridgehead atoms. The number of piperidine rings is 1. The molecule has 4 nitrogen and oxygen atoms in total. The lowest BCUT2D eigenvalue weighted by Crippen LogP contribution is -2.59. The van der Waals surface area contributed by atoms with Gasteiger partial charge >= 0.3 is 0 Å². The van der Waals surface area contributed by atoms with Gasteiger partial charge in [0.2, 0.25) is 5.91 Å². The average molecular weight is 239 g/mol. The van der Waals surface area contributed by atoms with Gasteiger partial charge in [0.15, 0.2) is 0 Å². The summed E-state index contributed by atoms with van der Waals surface area (Å²) in [7, 11) is 0. The second-order valence-electron chi connectivity index (χ2n) is 5.59. The largest absolute Gasteiger partial charge is 0.343 e. The van der Waals surface area contributed by atoms with Crippen LogP contribution in [0.15, 0.2) is 0 Å². The predicted octanol–water partition coefficient (Wildman–Crippen LogP) is 0.680. The maximum Gasteiger partial charge on any atom is 0.219 e. The maximum atomic E-state index is 11.3. The van der Waals surface area contributed by atoms with Crippen LogP contribution in [-0.4, -0.2) is 60.0 Å². The predicted molar refractivity (Wildman–Crippen MR) is 68.9 cm³/mol. The molecule has 0 aromatic heterocycles. The van der Waals surface area contributed by atoms with Gasteiger partial charge in [-0.3, -0.25) is 9.69 Å². The van der Waals surface area contributed by atoms with E-state index >= 15 is 0 Å². The van der Waals surface area contributed by atoms with Gasteiger partial charge < -0.3 is 10.2 Å². The van der Waals surface area contributed by atoms with Crippen molar-refractivity contribution in [2.24, 2.45) is 0 Å². The number of amides is 1. The Morgan fingerprint density at radius 1 is 1.24 bits per heavy atom. The molecule has 2 rings (SSSR count). The topological polar surface area (TPSA) is 35.6 Å². The van der Waals surface area contributed by atoms with Crippen molar-refractivity contribution in [1.29, 1.82) is 0 Å². The van der Waals surface area contributed by atoms with Gasteiger partial charge in [0.25, 0.3) is 0 Å². The molecular formula is C13H25N3O. The lowest BCUT2D eigenvalue weighted by Gasteiger charge is -2.45. The molecule has 17 heavy (non-hydrogen) atoms. The molecule has 0 aromatic rings. The number of likely N-dealkylation sites (tertiary alicyclic amines) is 1. The molecule has 0 aromatic carbocycles. The third kappa shape index (κ3) is 2.99. The summed E-state index contributed by atoms with van der Waals surface area (Å²) in [5, 5.41) is 3.52. The molecule has 0 spiro atoms. The molecule has 2 atom stereocenters. The van der Waals surface area contributed by atoms with E-state index in [0.717, 1.165) is 39.0 Å². The first kappa shape index (κ1) is 12.8. The van der Waals surface area contributed by atoms with Crippen molar-refractivity contribution in [3.63, 3.8) is 0 Å². The first-order chi connectivity index (χ1) is 8.08. The van der Waals surface area contributed by atoms with E-state index in [-0.39, 0.29) is 5.91 Å². The summed E-state index contributed by atoms with van der Waals surface area (Å²) in [6, 6.07) is 1.89. The van der Waals surface area contributed by atoms with Gasteiger partial charge in [0, 0.05) is 51.2 Å². The van der Waals surface area contributed by atoms with Gasteiger partial charge in [-0.05, 0) is 26.7 Å². The quantitative estimate of drug-likeness (QED) is 0.731. The molecule has 2 aliphatic heterocycles. The van der Waals surface area contributed by atoms with Crippen molar-refractivity contribution < 1.29 is 4.79 Å². The summed E-state index contributed by atoms with van der Waals surface area (Å²) < 4.78 is 0. The van der Waals surface area contributed by atoms with Gasteiger partial charge in [-0.25, -0.2) is 0 Å². The Bertz CT molecular complexity index is 274. The molecule has 2 aliphatic rings. The fraction of sp³-hybridized carbons (Fsp3) is 0.923. The molecule has 1 amide bonds. The molecule has 98 valence electrons. The number of nitrogens with zero attached hydrogens (tertiary/aromatic N) is 2. The minimum Gasteiger partial charge on any atom is -0.343 e. The van der Waals surface area contributed by atoms with E-state index in [2.05, 4.69) is 24.1 Å². The summed E-state index contributed by atoms with van der Waals surface area (Å²) in [6.45, 7) is 10.3. The normalized spacial score (nSPS) is 32.8. The molecule has 2 saturated heterocycles. The lowest BCUT2D eigenvalue weighted by atomic mass is 9.99. The number of nitrogens with one attached hydrogen (secondary N) is 1. The Balaban J connectivity index is 1.89. The van der Waals surface area contributed by atoms with Crippen LogP contribution < -0.4 is 5.32 Å². The zero-order valence-corrected chi connectivity index (χ0v) is 11.3. The van der Waals surface area contributed by atoms with E-state index in [1.54, 1.807) is 6.92 Å². The van der Waals surface area contributed by atoms with Gasteiger partial charge in [-0.1, -0.05) is 0 Å². The van der Waals surface area contributed by atoms with Gasteiger partial charge in [-0.15, -0.1) is 0 Å². The third-order valence-corrected chi connectivity index (χ3v) is 4.19. The number of hydrogen-bond acceptors (Lipinski definition) is 3. The minimum absolute atomic E-state index is 0.227. The second-order valence-corrected chi connectivity index (χ2v) is 5.59. The van der Waals surface area contributed by atoms with Gasteiger partial charge in [0.1, 0.15) is 0 Å². The van der Waals surface area contributed by atoms with E-state index in [1.807, 2.05) is 4.90 Å². The SMILES string of the molecule is CC(=O)N1CCC(N2CC(C)NCC2C)CC1. The summed E-state index contributed by atoms with van der Waals surface area (Å²) in [5.41, 5.74) is 0. The molecule has 0 radical (unpaired) electrons. The van der Waals surface area contributed by atoms with Crippen molar-refractivity contribution in [2.45, 2.75) is 51.7 Å². The second kappa shape index (κ2) is 5.36. The zero-order valence-electron chi connectivity index (χ0n) is 11.3. The fourth-order valence-electron chi connectivity index (χ4n) is 3.07. The highest BCUT2D eigenvalue weighted by Gasteiger charge is 2.31. The summed E-state index contributed by atoms with van der Waals surface area (Å²) >= 11 is 0. The zero-order chi connectivity index (χ0) is 12.4. The Labute approximate surface area is 104 Å². The van der Waals surface area contributed by atoms with Crippen molar-refractivity contribution in [2.75, 3.05) is 26.2 Å². The van der Waals surface area contributed by atoms with Crippen LogP contribution in [0.1, 0.15) is 33.6 Å². The smallest absolute Gasteiger partial charge is 0.219 e. The first-order valence-corrected chi connectivity index (χ1v) is 6.82. The van der Waals surface area contributed by atoms with Crippen molar-refractivity contribution in [3.8, 4) is 0 Å². The lowest BCUT2D eigenvalue weighted by molar-refractivity contribution is -0.130. The highest BCUT2D eigenvalue weighted by Crippen LogP contribution is 2.20. The summed E-state index contributed by atoms with van der Waals surface area (Å²) in [5.74, 6) is 0.227. The standard InChI is InChI=1S/C13H25N3O/c1-10-9-16(11(2)8-14-10)13-4-6-15(7-5-13)12(3)17/h10-11,13-14H,4-9H2,1-3H3. The first-order valence-electron chi connectivity index (χ1n) is 6.82. The molecule has 0 aliphatic carbocycles. The number of hydrogen-bond donors (Lipinski definition) is 1. The van der Waals surface area contributed by atoms with Crippen molar-refractivity contribution in [1.82, 2.24) is 15.1 Å². The third-order valence-electron chi connectivity index (χ3n) is 4.19. The monoisotopic (exact) mass is 239 g/mol. The average Bonchev–Trinajstić information content (AvgIpc) is 2.32. The molecule has 2 unspecified atom stereocenters. The molecule has 0 saturated carbocycles. The number of carbonyl (C=O) groups excluding carboxylic acids is 1. The Morgan fingerprint density at radius 2 is 1.88 bits per heavy atom. The highest BCUT2D eigenvalue weighted by molar-refractivity contribution is 5.73. The number of piperazine rings is 1. The Kier molecular flexibility index (Phi) is 4.05. The Hall–Kier alpha value is -0.610. The van der Waals surface area contributed by atoms with E-state index in [4.69, 9.17) is 0 Å². The van der Waals surface area contributed by atoms with Crippen LogP contribution >= 0.6 is 0 Å². The van der Waals surface area contributed by atoms with E-state index in [1.165, 1.54) is 0 Å². The fourth-order valence-corrected chi connectivity index (χ4v) is 3.07. The van der Waals surface area contributed by atoms with E-state index in [0.29, 0.717) is 18.1 Å². The Morgan fingerprint density at radius 3 is 2.47 bits per heavy atom. The van der Waals surface area contributed by atoms with Gasteiger partial charge in [-0.2, -0.15) is 0 Å². The van der Waals surface area contributed by atoms with Gasteiger partial charge in [0.05, 0.1) is 0 Å². The van der Waals surface area contributed by atoms with Crippen molar-refractivity contribution in [3.05, 3.63) is 0 Å². The molecular weight excluding hydrogens is 214 g/mol. The number of rotatable bonds is 1. The van der Waals surface area contributed by atoms with Crippen LogP contribution in [0.4, 0.5) is 0 Å². The molecule has 1 N–H and O–H groups in total. The summed E-state index contributed by atoms with van der Waals surface area (Å²) in [6.07, 6.45) is 2.27. The van der Waals surface area contributed by atoms with Crippen LogP contribution in [0, 0.1) is 0 Å². The van der Waals surface area contributed by atoms with Crippen molar-refractivity contribution >= 4 is 5.91 Å². The summed E-state index contributed by atoms with van der Waals surface area (Å²) in [4.78, 5) is 15.9. The van der Waals surface area contributed by atoms with Crippen LogP contribution in [0.2, 0.25) is 0 Å². The molecule has 2 heterocycles.